The van der Waals surface area contributed by atoms with Crippen molar-refractivity contribution in [2.75, 3.05) is 31.6 Å². The van der Waals surface area contributed by atoms with Crippen molar-refractivity contribution >= 4 is 5.69 Å². The summed E-state index contributed by atoms with van der Waals surface area (Å²) in [6.07, 6.45) is 2.32. The van der Waals surface area contributed by atoms with Gasteiger partial charge < -0.3 is 14.8 Å². The van der Waals surface area contributed by atoms with Gasteiger partial charge in [-0.05, 0) is 67.7 Å². The Balaban J connectivity index is 1.08. The van der Waals surface area contributed by atoms with Crippen LogP contribution in [0.1, 0.15) is 41.3 Å². The molecule has 3 aliphatic heterocycles. The first kappa shape index (κ1) is 19.6. The zero-order valence-electron chi connectivity index (χ0n) is 18.5. The van der Waals surface area contributed by atoms with Crippen molar-refractivity contribution < 1.29 is 9.47 Å². The molecule has 1 N–H and O–H groups in total. The molecule has 3 aliphatic rings. The highest BCUT2D eigenvalue weighted by Crippen LogP contribution is 2.44. The number of hydrogen-bond donors (Lipinski definition) is 1. The highest BCUT2D eigenvalue weighted by Gasteiger charge is 2.41. The van der Waals surface area contributed by atoms with Gasteiger partial charge in [0.15, 0.2) is 11.9 Å². The molecule has 1 atom stereocenters. The molecule has 0 radical (unpaired) electrons. The zero-order valence-corrected chi connectivity index (χ0v) is 18.5. The van der Waals surface area contributed by atoms with Gasteiger partial charge in [-0.1, -0.05) is 42.5 Å². The summed E-state index contributed by atoms with van der Waals surface area (Å²) in [6.45, 7) is 6.83. The maximum absolute atomic E-state index is 6.12. The third kappa shape index (κ3) is 3.51. The van der Waals surface area contributed by atoms with Crippen molar-refractivity contribution in [1.82, 2.24) is 9.88 Å². The minimum Gasteiger partial charge on any atom is -0.484 e. The molecule has 1 saturated heterocycles. The van der Waals surface area contributed by atoms with Crippen molar-refractivity contribution in [1.29, 1.82) is 0 Å². The van der Waals surface area contributed by atoms with E-state index in [1.54, 1.807) is 0 Å². The Hall–Kier alpha value is -3.05. The van der Waals surface area contributed by atoms with Crippen LogP contribution in [0.15, 0.2) is 60.7 Å². The van der Waals surface area contributed by atoms with E-state index in [1.165, 1.54) is 29.7 Å². The van der Waals surface area contributed by atoms with Gasteiger partial charge in [0.1, 0.15) is 6.61 Å². The fraction of sp³-hybridized carbons (Fsp3) is 0.370. The van der Waals surface area contributed by atoms with Crippen molar-refractivity contribution in [2.45, 2.75) is 37.8 Å². The first-order valence-electron chi connectivity index (χ1n) is 11.6. The number of pyridine rings is 1. The molecule has 0 bridgehead atoms. The van der Waals surface area contributed by atoms with Crippen molar-refractivity contribution in [3.63, 3.8) is 0 Å². The Kier molecular flexibility index (Phi) is 4.80. The highest BCUT2D eigenvalue weighted by atomic mass is 16.6. The molecule has 32 heavy (non-hydrogen) atoms. The van der Waals surface area contributed by atoms with Gasteiger partial charge in [0, 0.05) is 29.9 Å². The van der Waals surface area contributed by atoms with Crippen molar-refractivity contribution in [3.05, 3.63) is 83.0 Å². The molecule has 6 rings (SSSR count). The number of likely N-dealkylation sites (tertiary alicyclic amines) is 1. The summed E-state index contributed by atoms with van der Waals surface area (Å²) in [6, 6.07) is 21.5. The molecule has 1 aromatic heterocycles. The number of benzene rings is 2. The lowest BCUT2D eigenvalue weighted by Crippen LogP contribution is -2.43. The average Bonchev–Trinajstić information content (AvgIpc) is 3.19. The van der Waals surface area contributed by atoms with Gasteiger partial charge in [-0.25, -0.2) is 4.98 Å². The topological polar surface area (TPSA) is 46.6 Å². The van der Waals surface area contributed by atoms with Crippen LogP contribution in [-0.2, 0) is 12.0 Å². The maximum Gasteiger partial charge on any atom is 0.257 e. The number of rotatable bonds is 3. The molecule has 164 valence electrons. The van der Waals surface area contributed by atoms with Crippen molar-refractivity contribution in [2.24, 2.45) is 0 Å². The van der Waals surface area contributed by atoms with Crippen LogP contribution in [-0.4, -0.2) is 36.1 Å². The van der Waals surface area contributed by atoms with E-state index in [1.807, 2.05) is 19.1 Å². The van der Waals surface area contributed by atoms with Crippen LogP contribution in [0.3, 0.4) is 0 Å². The normalized spacial score (nSPS) is 21.2. The number of piperidine rings is 1. The molecule has 1 spiro atoms. The standard InChI is InChI=1S/C27H29N3O2/c1-19-6-11-24-26(29-19)32-25(17-31-24)21-9-7-20(8-10-21)16-30-14-12-27(13-15-30)18-28-23-5-3-2-4-22(23)27/h2-11,25,28H,12-18H2,1H3. The lowest BCUT2D eigenvalue weighted by molar-refractivity contribution is 0.0848. The van der Waals surface area contributed by atoms with Gasteiger partial charge in [-0.15, -0.1) is 0 Å². The monoisotopic (exact) mass is 427 g/mol. The number of para-hydroxylation sites is 1. The largest absolute Gasteiger partial charge is 0.484 e. The number of fused-ring (bicyclic) bond motifs is 3. The van der Waals surface area contributed by atoms with E-state index in [2.05, 4.69) is 63.7 Å². The molecule has 3 aromatic rings. The van der Waals surface area contributed by atoms with Gasteiger partial charge >= 0.3 is 0 Å². The number of nitrogens with zero attached hydrogens (tertiary/aromatic N) is 2. The summed E-state index contributed by atoms with van der Waals surface area (Å²) >= 11 is 0. The van der Waals surface area contributed by atoms with Gasteiger partial charge in [-0.2, -0.15) is 0 Å². The molecule has 0 aliphatic carbocycles. The fourth-order valence-corrected chi connectivity index (χ4v) is 5.35. The Morgan fingerprint density at radius 3 is 2.69 bits per heavy atom. The SMILES string of the molecule is Cc1ccc2c(n1)OC(c1ccc(CN3CCC4(CC3)CNc3ccccc34)cc1)CO2. The molecule has 1 fully saturated rings. The lowest BCUT2D eigenvalue weighted by atomic mass is 9.74. The number of ether oxygens (including phenoxy) is 2. The molecule has 5 heteroatoms. The Labute approximate surface area is 189 Å². The number of nitrogens with one attached hydrogen (secondary N) is 1. The summed E-state index contributed by atoms with van der Waals surface area (Å²) in [4.78, 5) is 7.06. The summed E-state index contributed by atoms with van der Waals surface area (Å²) in [5.74, 6) is 1.32. The van der Waals surface area contributed by atoms with E-state index in [0.717, 1.165) is 43.2 Å². The predicted octanol–water partition coefficient (Wildman–Crippen LogP) is 4.86. The minimum absolute atomic E-state index is 0.115. The second-order valence-electron chi connectivity index (χ2n) is 9.37. The lowest BCUT2D eigenvalue weighted by Gasteiger charge is -2.39. The highest BCUT2D eigenvalue weighted by molar-refractivity contribution is 5.60. The van der Waals surface area contributed by atoms with Gasteiger partial charge in [0.2, 0.25) is 0 Å². The van der Waals surface area contributed by atoms with Crippen LogP contribution >= 0.6 is 0 Å². The second kappa shape index (κ2) is 7.82. The minimum atomic E-state index is -0.115. The summed E-state index contributed by atoms with van der Waals surface area (Å²) < 4.78 is 12.0. The fourth-order valence-electron chi connectivity index (χ4n) is 5.35. The molecule has 5 nitrogen and oxygen atoms in total. The zero-order chi connectivity index (χ0) is 21.5. The number of anilines is 1. The number of hydrogen-bond acceptors (Lipinski definition) is 5. The Morgan fingerprint density at radius 1 is 1.03 bits per heavy atom. The second-order valence-corrected chi connectivity index (χ2v) is 9.37. The number of aromatic nitrogens is 1. The van der Waals surface area contributed by atoms with Crippen LogP contribution in [0.2, 0.25) is 0 Å². The molecule has 4 heterocycles. The van der Waals surface area contributed by atoms with E-state index in [-0.39, 0.29) is 6.10 Å². The average molecular weight is 428 g/mol. The van der Waals surface area contributed by atoms with Gasteiger partial charge in [0.05, 0.1) is 0 Å². The molecular formula is C27H29N3O2. The van der Waals surface area contributed by atoms with E-state index in [0.29, 0.717) is 17.9 Å². The van der Waals surface area contributed by atoms with Crippen LogP contribution in [0.4, 0.5) is 5.69 Å². The smallest absolute Gasteiger partial charge is 0.257 e. The quantitative estimate of drug-likeness (QED) is 0.647. The summed E-state index contributed by atoms with van der Waals surface area (Å²) in [7, 11) is 0. The Morgan fingerprint density at radius 2 is 1.84 bits per heavy atom. The first-order valence-corrected chi connectivity index (χ1v) is 11.6. The van der Waals surface area contributed by atoms with Crippen LogP contribution < -0.4 is 14.8 Å². The van der Waals surface area contributed by atoms with Crippen LogP contribution in [0.25, 0.3) is 0 Å². The van der Waals surface area contributed by atoms with E-state index in [9.17, 15) is 0 Å². The third-order valence-corrected chi connectivity index (χ3v) is 7.30. The van der Waals surface area contributed by atoms with Gasteiger partial charge in [-0.3, -0.25) is 4.90 Å². The summed E-state index contributed by atoms with van der Waals surface area (Å²) in [5, 5.41) is 3.63. The van der Waals surface area contributed by atoms with Crippen molar-refractivity contribution in [3.8, 4) is 11.6 Å². The molecule has 0 saturated carbocycles. The Bertz CT molecular complexity index is 1120. The predicted molar refractivity (Wildman–Crippen MR) is 125 cm³/mol. The van der Waals surface area contributed by atoms with E-state index < -0.39 is 0 Å². The van der Waals surface area contributed by atoms with Gasteiger partial charge in [0.25, 0.3) is 5.88 Å². The third-order valence-electron chi connectivity index (χ3n) is 7.30. The van der Waals surface area contributed by atoms with Crippen LogP contribution in [0, 0.1) is 6.92 Å². The molecule has 0 amide bonds. The molecular weight excluding hydrogens is 398 g/mol. The van der Waals surface area contributed by atoms with E-state index in [4.69, 9.17) is 9.47 Å². The molecule has 2 aromatic carbocycles. The molecule has 1 unspecified atom stereocenters. The van der Waals surface area contributed by atoms with Crippen LogP contribution in [0.5, 0.6) is 11.6 Å². The first-order chi connectivity index (χ1) is 15.7. The van der Waals surface area contributed by atoms with E-state index >= 15 is 0 Å². The maximum atomic E-state index is 6.12. The number of aryl methyl sites for hydroxylation is 1. The summed E-state index contributed by atoms with van der Waals surface area (Å²) in [5.41, 5.74) is 6.58.